The smallest absolute Gasteiger partial charge is 0.229 e. The largest absolute Gasteiger partial charge is 0.487 e. The molecular formula is C20H27Cl2N3O2. The number of carbonyl (C=O) groups is 1. The van der Waals surface area contributed by atoms with E-state index in [-0.39, 0.29) is 36.6 Å². The first-order valence-corrected chi connectivity index (χ1v) is 8.77. The molecule has 3 N–H and O–H groups in total. The molecule has 1 amide bonds. The van der Waals surface area contributed by atoms with Gasteiger partial charge in [-0.15, -0.1) is 24.8 Å². The highest BCUT2D eigenvalue weighted by Gasteiger charge is 2.37. The van der Waals surface area contributed by atoms with Crippen molar-refractivity contribution in [3.8, 4) is 5.75 Å². The molecule has 1 fully saturated rings. The van der Waals surface area contributed by atoms with Crippen LogP contribution in [-0.2, 0) is 11.4 Å². The molecule has 0 aliphatic heterocycles. The fourth-order valence-corrected chi connectivity index (χ4v) is 3.32. The Hall–Kier alpha value is -1.82. The second-order valence-corrected chi connectivity index (χ2v) is 6.93. The summed E-state index contributed by atoms with van der Waals surface area (Å²) < 4.78 is 5.76. The zero-order valence-corrected chi connectivity index (χ0v) is 17.0. The highest BCUT2D eigenvalue weighted by Crippen LogP contribution is 2.32. The maximum Gasteiger partial charge on any atom is 0.229 e. The molecule has 1 aromatic heterocycles. The number of anilines is 1. The lowest BCUT2D eigenvalue weighted by Gasteiger charge is -2.37. The number of nitrogens with one attached hydrogen (secondary N) is 1. The number of rotatable bonds is 5. The lowest BCUT2D eigenvalue weighted by Crippen LogP contribution is -2.51. The van der Waals surface area contributed by atoms with Gasteiger partial charge in [0.05, 0.1) is 11.6 Å². The Morgan fingerprint density at radius 3 is 2.78 bits per heavy atom. The number of aromatic nitrogens is 1. The number of halogens is 2. The fourth-order valence-electron chi connectivity index (χ4n) is 3.32. The van der Waals surface area contributed by atoms with Crippen LogP contribution >= 0.6 is 24.8 Å². The normalized spacial score (nSPS) is 21.3. The summed E-state index contributed by atoms with van der Waals surface area (Å²) in [4.78, 5) is 16.9. The lowest BCUT2D eigenvalue weighted by atomic mass is 9.74. The number of ether oxygens (including phenoxy) is 1. The molecule has 2 atom stereocenters. The van der Waals surface area contributed by atoms with Gasteiger partial charge in [-0.05, 0) is 44.0 Å². The third kappa shape index (κ3) is 6.38. The van der Waals surface area contributed by atoms with E-state index in [1.54, 1.807) is 6.20 Å². The predicted octanol–water partition coefficient (Wildman–Crippen LogP) is 4.35. The van der Waals surface area contributed by atoms with Gasteiger partial charge in [0.15, 0.2) is 0 Å². The van der Waals surface area contributed by atoms with E-state index in [1.165, 1.54) is 0 Å². The van der Waals surface area contributed by atoms with Crippen LogP contribution in [-0.4, -0.2) is 16.4 Å². The summed E-state index contributed by atoms with van der Waals surface area (Å²) in [6, 6.07) is 13.1. The van der Waals surface area contributed by atoms with Gasteiger partial charge >= 0.3 is 0 Å². The Kier molecular flexibility index (Phi) is 9.03. The van der Waals surface area contributed by atoms with Crippen molar-refractivity contribution in [2.24, 2.45) is 11.7 Å². The van der Waals surface area contributed by atoms with Crippen molar-refractivity contribution in [3.63, 3.8) is 0 Å². The third-order valence-corrected chi connectivity index (χ3v) is 4.79. The molecule has 2 aromatic rings. The van der Waals surface area contributed by atoms with Crippen LogP contribution in [0.3, 0.4) is 0 Å². The third-order valence-electron chi connectivity index (χ3n) is 4.79. The average molecular weight is 412 g/mol. The van der Waals surface area contributed by atoms with Crippen molar-refractivity contribution in [2.75, 3.05) is 5.32 Å². The van der Waals surface area contributed by atoms with Crippen LogP contribution in [0.4, 0.5) is 5.69 Å². The van der Waals surface area contributed by atoms with E-state index in [9.17, 15) is 4.79 Å². The highest BCUT2D eigenvalue weighted by atomic mass is 35.5. The van der Waals surface area contributed by atoms with Gasteiger partial charge in [-0.1, -0.05) is 25.0 Å². The molecule has 148 valence electrons. The van der Waals surface area contributed by atoms with E-state index in [1.807, 2.05) is 49.4 Å². The quantitative estimate of drug-likeness (QED) is 0.766. The predicted molar refractivity (Wildman–Crippen MR) is 113 cm³/mol. The SMILES string of the molecule is CC1(N)CCCCC1C(=O)Nc1cccc(OCc2ccccn2)c1.Cl.Cl. The van der Waals surface area contributed by atoms with E-state index in [0.29, 0.717) is 12.4 Å². The van der Waals surface area contributed by atoms with E-state index >= 15 is 0 Å². The first-order valence-electron chi connectivity index (χ1n) is 8.77. The Morgan fingerprint density at radius 2 is 2.07 bits per heavy atom. The van der Waals surface area contributed by atoms with Crippen LogP contribution < -0.4 is 15.8 Å². The maximum absolute atomic E-state index is 12.6. The minimum atomic E-state index is -0.435. The molecule has 3 rings (SSSR count). The highest BCUT2D eigenvalue weighted by molar-refractivity contribution is 5.93. The number of carbonyl (C=O) groups excluding carboxylic acids is 1. The number of hydrogen-bond acceptors (Lipinski definition) is 4. The molecule has 1 saturated carbocycles. The molecule has 27 heavy (non-hydrogen) atoms. The van der Waals surface area contributed by atoms with Crippen LogP contribution in [0.5, 0.6) is 5.75 Å². The molecular weight excluding hydrogens is 385 g/mol. The first kappa shape index (κ1) is 23.2. The molecule has 0 spiro atoms. The van der Waals surface area contributed by atoms with Crippen LogP contribution in [0.25, 0.3) is 0 Å². The Balaban J connectivity index is 0.00000182. The topological polar surface area (TPSA) is 77.2 Å². The number of pyridine rings is 1. The van der Waals surface area contributed by atoms with Gasteiger partial charge < -0.3 is 15.8 Å². The van der Waals surface area contributed by atoms with E-state index < -0.39 is 5.54 Å². The zero-order valence-electron chi connectivity index (χ0n) is 15.4. The summed E-state index contributed by atoms with van der Waals surface area (Å²) in [5.41, 5.74) is 7.48. The van der Waals surface area contributed by atoms with Crippen molar-refractivity contribution < 1.29 is 9.53 Å². The van der Waals surface area contributed by atoms with E-state index in [4.69, 9.17) is 10.5 Å². The monoisotopic (exact) mass is 411 g/mol. The molecule has 5 nitrogen and oxygen atoms in total. The zero-order chi connectivity index (χ0) is 17.7. The van der Waals surface area contributed by atoms with Crippen LogP contribution in [0.2, 0.25) is 0 Å². The minimum Gasteiger partial charge on any atom is -0.487 e. The molecule has 2 unspecified atom stereocenters. The summed E-state index contributed by atoms with van der Waals surface area (Å²) in [6.45, 7) is 2.37. The summed E-state index contributed by atoms with van der Waals surface area (Å²) in [5.74, 6) is 0.536. The van der Waals surface area contributed by atoms with Gasteiger partial charge in [0.25, 0.3) is 0 Å². The molecule has 0 saturated heterocycles. The maximum atomic E-state index is 12.6. The lowest BCUT2D eigenvalue weighted by molar-refractivity contribution is -0.122. The van der Waals surface area contributed by atoms with Gasteiger partial charge in [-0.2, -0.15) is 0 Å². The number of nitrogens with two attached hydrogens (primary N) is 1. The number of hydrogen-bond donors (Lipinski definition) is 2. The molecule has 1 aromatic carbocycles. The van der Waals surface area contributed by atoms with Crippen molar-refractivity contribution in [1.29, 1.82) is 0 Å². The molecule has 1 aliphatic rings. The van der Waals surface area contributed by atoms with E-state index in [2.05, 4.69) is 10.3 Å². The van der Waals surface area contributed by atoms with Crippen molar-refractivity contribution in [3.05, 3.63) is 54.4 Å². The van der Waals surface area contributed by atoms with Crippen LogP contribution in [0.1, 0.15) is 38.3 Å². The second kappa shape index (κ2) is 10.5. The summed E-state index contributed by atoms with van der Waals surface area (Å²) in [6.07, 6.45) is 5.61. The number of amides is 1. The molecule has 0 bridgehead atoms. The van der Waals surface area contributed by atoms with Gasteiger partial charge in [0, 0.05) is 23.5 Å². The second-order valence-electron chi connectivity index (χ2n) is 6.93. The Labute approximate surface area is 172 Å². The number of benzene rings is 1. The van der Waals surface area contributed by atoms with Crippen molar-refractivity contribution in [2.45, 2.75) is 44.8 Å². The number of nitrogens with zero attached hydrogens (tertiary/aromatic N) is 1. The Bertz CT molecular complexity index is 726. The molecule has 7 heteroatoms. The fraction of sp³-hybridized carbons (Fsp3) is 0.400. The van der Waals surface area contributed by atoms with Gasteiger partial charge in [0.2, 0.25) is 5.91 Å². The average Bonchev–Trinajstić information content (AvgIpc) is 2.61. The first-order chi connectivity index (χ1) is 12.0. The van der Waals surface area contributed by atoms with Crippen molar-refractivity contribution >= 4 is 36.4 Å². The standard InChI is InChI=1S/C20H25N3O2.2ClH/c1-20(21)11-4-2-10-18(20)19(24)23-15-8-6-9-17(13-15)25-14-16-7-3-5-12-22-16;;/h3,5-9,12-13,18H,2,4,10-11,14,21H2,1H3,(H,23,24);2*1H. The van der Waals surface area contributed by atoms with Crippen molar-refractivity contribution in [1.82, 2.24) is 4.98 Å². The molecule has 1 aliphatic carbocycles. The van der Waals surface area contributed by atoms with Gasteiger partial charge in [-0.3, -0.25) is 9.78 Å². The summed E-state index contributed by atoms with van der Waals surface area (Å²) in [7, 11) is 0. The molecule has 1 heterocycles. The minimum absolute atomic E-state index is 0. The van der Waals surface area contributed by atoms with Crippen LogP contribution in [0, 0.1) is 5.92 Å². The summed E-state index contributed by atoms with van der Waals surface area (Å²) >= 11 is 0. The summed E-state index contributed by atoms with van der Waals surface area (Å²) in [5, 5.41) is 2.99. The Morgan fingerprint density at radius 1 is 1.26 bits per heavy atom. The molecule has 0 radical (unpaired) electrons. The van der Waals surface area contributed by atoms with Crippen LogP contribution in [0.15, 0.2) is 48.7 Å². The van der Waals surface area contributed by atoms with Gasteiger partial charge in [-0.25, -0.2) is 0 Å². The van der Waals surface area contributed by atoms with E-state index in [0.717, 1.165) is 37.1 Å². The van der Waals surface area contributed by atoms with Gasteiger partial charge in [0.1, 0.15) is 12.4 Å².